The van der Waals surface area contributed by atoms with Gasteiger partial charge >= 0.3 is 5.69 Å². The fourth-order valence-corrected chi connectivity index (χ4v) is 5.14. The van der Waals surface area contributed by atoms with Crippen molar-refractivity contribution in [2.45, 2.75) is 58.7 Å². The highest BCUT2D eigenvalue weighted by Crippen LogP contribution is 2.24. The third-order valence-corrected chi connectivity index (χ3v) is 7.51. The lowest BCUT2D eigenvalue weighted by Crippen LogP contribution is -2.44. The molecule has 3 N–H and O–H groups in total. The molecule has 11 heteroatoms. The van der Waals surface area contributed by atoms with Crippen molar-refractivity contribution in [3.63, 3.8) is 0 Å². The molecule has 0 radical (unpaired) electrons. The Kier molecular flexibility index (Phi) is 7.57. The zero-order chi connectivity index (χ0) is 28.6. The van der Waals surface area contributed by atoms with Gasteiger partial charge in [0.15, 0.2) is 16.9 Å². The molecule has 0 bridgehead atoms. The average molecular weight is 546 g/mol. The zero-order valence-corrected chi connectivity index (χ0v) is 23.1. The Bertz CT molecular complexity index is 1670. The number of carbonyl (C=O) groups excluding carboxylic acids is 2. The predicted octanol–water partition coefficient (Wildman–Crippen LogP) is 2.33. The van der Waals surface area contributed by atoms with Crippen molar-refractivity contribution in [3.8, 4) is 0 Å². The molecule has 1 saturated heterocycles. The smallest absolute Gasteiger partial charge is 0.332 e. The predicted molar refractivity (Wildman–Crippen MR) is 155 cm³/mol. The maximum Gasteiger partial charge on any atom is 0.332 e. The topological polar surface area (TPSA) is 137 Å². The molecule has 210 valence electrons. The lowest BCUT2D eigenvalue weighted by molar-refractivity contribution is -0.113. The van der Waals surface area contributed by atoms with Gasteiger partial charge in [-0.1, -0.05) is 29.9 Å². The Morgan fingerprint density at radius 2 is 1.93 bits per heavy atom. The number of carbonyl (C=O) groups is 2. The van der Waals surface area contributed by atoms with Crippen molar-refractivity contribution in [1.82, 2.24) is 18.7 Å². The van der Waals surface area contributed by atoms with Crippen LogP contribution < -0.4 is 27.2 Å². The van der Waals surface area contributed by atoms with Crippen LogP contribution in [-0.2, 0) is 24.9 Å². The average Bonchev–Trinajstić information content (AvgIpc) is 3.27. The number of nitrogens with zero attached hydrogens (tertiary/aromatic N) is 5. The number of anilines is 2. The summed E-state index contributed by atoms with van der Waals surface area (Å²) in [5, 5.41) is 2.79. The van der Waals surface area contributed by atoms with Crippen molar-refractivity contribution in [1.29, 1.82) is 0 Å². The van der Waals surface area contributed by atoms with E-state index in [9.17, 15) is 19.2 Å². The van der Waals surface area contributed by atoms with Crippen LogP contribution in [0.2, 0.25) is 0 Å². The summed E-state index contributed by atoms with van der Waals surface area (Å²) < 4.78 is 4.07. The van der Waals surface area contributed by atoms with Gasteiger partial charge in [0.05, 0.1) is 12.2 Å². The van der Waals surface area contributed by atoms with Gasteiger partial charge in [-0.25, -0.2) is 4.79 Å². The number of nitrogens with one attached hydrogen (secondary N) is 1. The molecular formula is C29H35N7O4. The van der Waals surface area contributed by atoms with Gasteiger partial charge in [0.1, 0.15) is 0 Å². The number of amides is 1. The van der Waals surface area contributed by atoms with Crippen LogP contribution in [0.4, 0.5) is 11.6 Å². The molecule has 40 heavy (non-hydrogen) atoms. The Morgan fingerprint density at radius 1 is 1.18 bits per heavy atom. The number of piperidine rings is 1. The molecule has 1 unspecified atom stereocenters. The number of aryl methyl sites for hydroxylation is 1. The van der Waals surface area contributed by atoms with Crippen LogP contribution in [0.25, 0.3) is 11.2 Å². The van der Waals surface area contributed by atoms with Gasteiger partial charge in [-0.3, -0.25) is 23.5 Å². The van der Waals surface area contributed by atoms with Crippen LogP contribution in [-0.4, -0.2) is 49.5 Å². The number of para-hydroxylation sites is 1. The van der Waals surface area contributed by atoms with E-state index in [-0.39, 0.29) is 28.7 Å². The summed E-state index contributed by atoms with van der Waals surface area (Å²) in [6.07, 6.45) is 7.21. The van der Waals surface area contributed by atoms with E-state index in [0.29, 0.717) is 36.7 Å². The minimum absolute atomic E-state index is 0.00953. The molecule has 11 nitrogen and oxygen atoms in total. The highest BCUT2D eigenvalue weighted by Gasteiger charge is 2.27. The van der Waals surface area contributed by atoms with Gasteiger partial charge < -0.3 is 20.5 Å². The number of benzene rings is 1. The standard InChI is InChI=1S/C29H35N7O4/c1-18(2)13-15-35-24-25(32-28(35)34-14-7-10-20(30)16-34)33(3)29(40)36(27(24)39)17-23(37)21-11-4-5-12-22(21)31-26(38)19-8-6-9-19/h4-5,8,11-13,20H,6-7,9-10,14-17,30H2,1-3H3,(H,31,38). The van der Waals surface area contributed by atoms with Crippen molar-refractivity contribution < 1.29 is 9.59 Å². The summed E-state index contributed by atoms with van der Waals surface area (Å²) in [5.41, 5.74) is 7.84. The number of nitrogens with two attached hydrogens (primary N) is 1. The van der Waals surface area contributed by atoms with Gasteiger partial charge in [-0.15, -0.1) is 0 Å². The Hall–Kier alpha value is -4.25. The number of rotatable bonds is 8. The molecule has 0 saturated carbocycles. The number of hydrogen-bond acceptors (Lipinski definition) is 7. The molecule has 3 heterocycles. The van der Waals surface area contributed by atoms with Crippen molar-refractivity contribution in [2.24, 2.45) is 12.8 Å². The Balaban J connectivity index is 1.57. The third kappa shape index (κ3) is 5.16. The minimum atomic E-state index is -0.638. The fourth-order valence-electron chi connectivity index (χ4n) is 5.14. The maximum atomic E-state index is 13.9. The van der Waals surface area contributed by atoms with E-state index in [0.717, 1.165) is 35.9 Å². The van der Waals surface area contributed by atoms with Crippen molar-refractivity contribution in [2.75, 3.05) is 23.3 Å². The number of fused-ring (bicyclic) bond motifs is 1. The summed E-state index contributed by atoms with van der Waals surface area (Å²) in [5.74, 6) is -0.138. The molecule has 5 rings (SSSR count). The second-order valence-electron chi connectivity index (χ2n) is 10.7. The van der Waals surface area contributed by atoms with E-state index >= 15 is 0 Å². The largest absolute Gasteiger partial charge is 0.341 e. The lowest BCUT2D eigenvalue weighted by Gasteiger charge is -2.31. The first-order chi connectivity index (χ1) is 19.2. The second kappa shape index (κ2) is 11.1. The van der Waals surface area contributed by atoms with E-state index < -0.39 is 23.6 Å². The summed E-state index contributed by atoms with van der Waals surface area (Å²) in [6, 6.07) is 6.61. The second-order valence-corrected chi connectivity index (χ2v) is 10.7. The lowest BCUT2D eigenvalue weighted by atomic mass is 9.98. The minimum Gasteiger partial charge on any atom is -0.341 e. The summed E-state index contributed by atoms with van der Waals surface area (Å²) >= 11 is 0. The molecule has 1 fully saturated rings. The highest BCUT2D eigenvalue weighted by atomic mass is 16.2. The Morgan fingerprint density at radius 3 is 2.60 bits per heavy atom. The molecule has 1 amide bonds. The zero-order valence-electron chi connectivity index (χ0n) is 23.1. The van der Waals surface area contributed by atoms with Gasteiger partial charge in [-0.05, 0) is 51.7 Å². The molecule has 3 aromatic rings. The molecule has 0 spiro atoms. The van der Waals surface area contributed by atoms with Gasteiger partial charge in [0.25, 0.3) is 11.5 Å². The molecular weight excluding hydrogens is 510 g/mol. The van der Waals surface area contributed by atoms with Crippen LogP contribution in [0, 0.1) is 0 Å². The fraction of sp³-hybridized carbons (Fsp3) is 0.414. The molecule has 1 aliphatic heterocycles. The number of aromatic nitrogens is 4. The van der Waals surface area contributed by atoms with Crippen LogP contribution in [0.15, 0.2) is 57.2 Å². The van der Waals surface area contributed by atoms with E-state index in [1.807, 2.05) is 30.6 Å². The summed E-state index contributed by atoms with van der Waals surface area (Å²) in [7, 11) is 1.55. The number of allylic oxidation sites excluding steroid dienone is 3. The van der Waals surface area contributed by atoms with E-state index in [4.69, 9.17) is 10.7 Å². The van der Waals surface area contributed by atoms with Crippen LogP contribution in [0.3, 0.4) is 0 Å². The number of Topliss-reactive ketones (excluding diaryl/α,β-unsaturated/α-hetero) is 1. The van der Waals surface area contributed by atoms with Crippen LogP contribution in [0.5, 0.6) is 0 Å². The van der Waals surface area contributed by atoms with Gasteiger partial charge in [0, 0.05) is 43.9 Å². The third-order valence-electron chi connectivity index (χ3n) is 7.51. The van der Waals surface area contributed by atoms with Crippen molar-refractivity contribution >= 4 is 34.5 Å². The number of hydrogen-bond donors (Lipinski definition) is 2. The number of ketones is 1. The van der Waals surface area contributed by atoms with E-state index in [2.05, 4.69) is 10.2 Å². The summed E-state index contributed by atoms with van der Waals surface area (Å²) in [4.78, 5) is 60.1. The SMILES string of the molecule is CC(C)=CCn1c(N2CCCC(N)C2)nc2c1c(=O)n(CC(=O)c1ccccc1NC(=O)C1=CCC1)c(=O)n2C. The quantitative estimate of drug-likeness (QED) is 0.327. The molecule has 1 aliphatic carbocycles. The summed E-state index contributed by atoms with van der Waals surface area (Å²) in [6.45, 7) is 5.19. The first-order valence-electron chi connectivity index (χ1n) is 13.6. The van der Waals surface area contributed by atoms with Crippen LogP contribution in [0.1, 0.15) is 49.9 Å². The normalized spacial score (nSPS) is 16.9. The van der Waals surface area contributed by atoms with E-state index in [1.165, 1.54) is 4.57 Å². The van der Waals surface area contributed by atoms with Crippen LogP contribution >= 0.6 is 0 Å². The van der Waals surface area contributed by atoms with Gasteiger partial charge in [0.2, 0.25) is 5.95 Å². The molecule has 2 aliphatic rings. The number of imidazole rings is 1. The maximum absolute atomic E-state index is 13.9. The first kappa shape index (κ1) is 27.3. The van der Waals surface area contributed by atoms with Crippen molar-refractivity contribution in [3.05, 3.63) is 74.0 Å². The van der Waals surface area contributed by atoms with Gasteiger partial charge in [-0.2, -0.15) is 4.98 Å². The highest BCUT2D eigenvalue weighted by molar-refractivity contribution is 6.09. The van der Waals surface area contributed by atoms with E-state index in [1.54, 1.807) is 31.3 Å². The monoisotopic (exact) mass is 545 g/mol. The first-order valence-corrected chi connectivity index (χ1v) is 13.6. The molecule has 1 atom stereocenters. The molecule has 2 aromatic heterocycles. The molecule has 1 aromatic carbocycles. The Labute approximate surface area is 231 Å².